The summed E-state index contributed by atoms with van der Waals surface area (Å²) in [6, 6.07) is 21.1. The lowest BCUT2D eigenvalue weighted by Crippen LogP contribution is -2.62. The highest BCUT2D eigenvalue weighted by Gasteiger charge is 2.51. The molecule has 2 aromatic carbocycles. The van der Waals surface area contributed by atoms with Crippen LogP contribution in [0.25, 0.3) is 0 Å². The summed E-state index contributed by atoms with van der Waals surface area (Å²) in [6.45, 7) is 11.7. The molecule has 0 unspecified atom stereocenters. The fraction of sp³-hybridized carbons (Fsp3) is 0.515. The lowest BCUT2D eigenvalue weighted by Gasteiger charge is -2.47. The fourth-order valence-corrected chi connectivity index (χ4v) is 5.42. The van der Waals surface area contributed by atoms with Crippen LogP contribution in [0.4, 0.5) is 0 Å². The van der Waals surface area contributed by atoms with Crippen LogP contribution in [0.2, 0.25) is 0 Å². The van der Waals surface area contributed by atoms with Crippen LogP contribution in [-0.2, 0) is 27.4 Å². The quantitative estimate of drug-likeness (QED) is 0.266. The summed E-state index contributed by atoms with van der Waals surface area (Å²) in [5, 5.41) is 0. The largest absolute Gasteiger partial charge is 0.369 e. The van der Waals surface area contributed by atoms with Gasteiger partial charge in [-0.25, -0.2) is 0 Å². The van der Waals surface area contributed by atoms with E-state index < -0.39 is 5.60 Å². The molecule has 2 saturated heterocycles. The summed E-state index contributed by atoms with van der Waals surface area (Å²) in [5.74, 6) is 7.21. The zero-order valence-corrected chi connectivity index (χ0v) is 23.0. The van der Waals surface area contributed by atoms with Crippen LogP contribution in [0.5, 0.6) is 0 Å². The van der Waals surface area contributed by atoms with Crippen LogP contribution in [0.15, 0.2) is 72.3 Å². The van der Waals surface area contributed by atoms with E-state index in [1.54, 1.807) is 0 Å². The summed E-state index contributed by atoms with van der Waals surface area (Å²) < 4.78 is 19.1. The van der Waals surface area contributed by atoms with E-state index >= 15 is 0 Å². The first-order chi connectivity index (χ1) is 18.0. The molecule has 0 bridgehead atoms. The molecule has 2 fully saturated rings. The van der Waals surface area contributed by atoms with Crippen molar-refractivity contribution in [2.24, 2.45) is 5.92 Å². The maximum Gasteiger partial charge on any atom is 0.150 e. The monoisotopic (exact) mass is 501 g/mol. The molecule has 0 spiro atoms. The number of ether oxygens (including phenoxy) is 3. The van der Waals surface area contributed by atoms with Gasteiger partial charge in [-0.3, -0.25) is 4.90 Å². The van der Waals surface area contributed by atoms with Gasteiger partial charge >= 0.3 is 0 Å². The van der Waals surface area contributed by atoms with Gasteiger partial charge in [-0.15, -0.1) is 0 Å². The molecule has 198 valence electrons. The first kappa shape index (κ1) is 27.6. The molecule has 0 amide bonds. The second-order valence-corrected chi connectivity index (χ2v) is 10.7. The van der Waals surface area contributed by atoms with E-state index in [9.17, 15) is 0 Å². The standard InChI is InChI=1S/C33H43NO3/c1-5-30(35-23-28-13-8-6-9-14-28)27(3)20-18-26(2)19-21-32-33(4,31-17-12-22-34(31)25-36-32)37-24-29-15-10-7-11-16-29/h6-11,13-16,20,26,30-32H,5,12,17-18,22-25H2,1-4H3/b27-20+/t26-,30+,31+,32-,33-/m1/s1. The van der Waals surface area contributed by atoms with Gasteiger partial charge in [-0.05, 0) is 56.2 Å². The summed E-state index contributed by atoms with van der Waals surface area (Å²) in [4.78, 5) is 2.42. The van der Waals surface area contributed by atoms with Crippen molar-refractivity contribution in [3.8, 4) is 11.8 Å². The zero-order valence-electron chi connectivity index (χ0n) is 23.0. The lowest BCUT2D eigenvalue weighted by molar-refractivity contribution is -0.213. The molecule has 0 saturated carbocycles. The molecular weight excluding hydrogens is 458 g/mol. The van der Waals surface area contributed by atoms with E-state index in [0.29, 0.717) is 26.0 Å². The maximum atomic E-state index is 6.63. The number of hydrogen-bond acceptors (Lipinski definition) is 4. The average Bonchev–Trinajstić information content (AvgIpc) is 3.42. The number of benzene rings is 2. The van der Waals surface area contributed by atoms with Crippen molar-refractivity contribution in [1.29, 1.82) is 0 Å². The van der Waals surface area contributed by atoms with E-state index in [2.05, 4.69) is 99.0 Å². The Balaban J connectivity index is 1.37. The topological polar surface area (TPSA) is 30.9 Å². The Labute approximate surface area is 224 Å². The van der Waals surface area contributed by atoms with Crippen LogP contribution >= 0.6 is 0 Å². The molecule has 2 aliphatic heterocycles. The third-order valence-electron chi connectivity index (χ3n) is 7.77. The van der Waals surface area contributed by atoms with E-state index in [-0.39, 0.29) is 18.1 Å². The number of hydrogen-bond donors (Lipinski definition) is 0. The van der Waals surface area contributed by atoms with Gasteiger partial charge in [-0.1, -0.05) is 92.4 Å². The number of fused-ring (bicyclic) bond motifs is 1. The second kappa shape index (κ2) is 13.4. The molecule has 2 aliphatic rings. The molecule has 0 aliphatic carbocycles. The molecule has 37 heavy (non-hydrogen) atoms. The highest BCUT2D eigenvalue weighted by molar-refractivity contribution is 5.20. The Morgan fingerprint density at radius 3 is 2.46 bits per heavy atom. The van der Waals surface area contributed by atoms with Crippen LogP contribution in [-0.4, -0.2) is 42.0 Å². The van der Waals surface area contributed by atoms with E-state index in [1.807, 2.05) is 12.1 Å². The molecule has 4 rings (SSSR count). The van der Waals surface area contributed by atoms with Gasteiger partial charge in [0.05, 0.1) is 19.3 Å². The minimum Gasteiger partial charge on any atom is -0.369 e. The highest BCUT2D eigenvalue weighted by atomic mass is 16.6. The molecule has 0 aromatic heterocycles. The van der Waals surface area contributed by atoms with Crippen molar-refractivity contribution >= 4 is 0 Å². The van der Waals surface area contributed by atoms with Crippen molar-refractivity contribution in [3.05, 3.63) is 83.4 Å². The van der Waals surface area contributed by atoms with Gasteiger partial charge in [0.1, 0.15) is 18.4 Å². The van der Waals surface area contributed by atoms with Gasteiger partial charge in [-0.2, -0.15) is 0 Å². The Kier molecular flexibility index (Phi) is 10.00. The first-order valence-electron chi connectivity index (χ1n) is 13.9. The Morgan fingerprint density at radius 1 is 1.11 bits per heavy atom. The van der Waals surface area contributed by atoms with E-state index in [4.69, 9.17) is 14.2 Å². The molecule has 0 N–H and O–H groups in total. The molecule has 2 aromatic rings. The third-order valence-corrected chi connectivity index (χ3v) is 7.77. The first-order valence-corrected chi connectivity index (χ1v) is 13.9. The molecule has 5 atom stereocenters. The minimum absolute atomic E-state index is 0.130. The van der Waals surface area contributed by atoms with Gasteiger partial charge in [0.2, 0.25) is 0 Å². The van der Waals surface area contributed by atoms with Crippen molar-refractivity contribution in [2.75, 3.05) is 13.3 Å². The summed E-state index contributed by atoms with van der Waals surface area (Å²) in [6.07, 6.45) is 6.36. The Bertz CT molecular complexity index is 1060. The minimum atomic E-state index is -0.457. The van der Waals surface area contributed by atoms with Crippen molar-refractivity contribution < 1.29 is 14.2 Å². The summed E-state index contributed by atoms with van der Waals surface area (Å²) in [7, 11) is 0. The zero-order chi connectivity index (χ0) is 26.1. The number of allylic oxidation sites excluding steroid dienone is 1. The van der Waals surface area contributed by atoms with Crippen LogP contribution < -0.4 is 0 Å². The fourth-order valence-electron chi connectivity index (χ4n) is 5.42. The predicted octanol–water partition coefficient (Wildman–Crippen LogP) is 6.75. The average molecular weight is 502 g/mol. The smallest absolute Gasteiger partial charge is 0.150 e. The van der Waals surface area contributed by atoms with E-state index in [0.717, 1.165) is 25.8 Å². The van der Waals surface area contributed by atoms with E-state index in [1.165, 1.54) is 23.1 Å². The summed E-state index contributed by atoms with van der Waals surface area (Å²) >= 11 is 0. The number of nitrogens with zero attached hydrogens (tertiary/aromatic N) is 1. The maximum absolute atomic E-state index is 6.63. The molecular formula is C33H43NO3. The van der Waals surface area contributed by atoms with Crippen LogP contribution in [0.1, 0.15) is 64.5 Å². The molecule has 4 nitrogen and oxygen atoms in total. The SMILES string of the molecule is CC[C@H](OCc1ccccc1)/C(C)=C/C[C@@H](C)C#C[C@H]1OCN2CCC[C@H]2[C@@]1(C)OCc1ccccc1. The van der Waals surface area contributed by atoms with Crippen molar-refractivity contribution in [3.63, 3.8) is 0 Å². The normalized spacial score (nSPS) is 25.7. The lowest BCUT2D eigenvalue weighted by atomic mass is 9.86. The van der Waals surface area contributed by atoms with Gasteiger partial charge in [0.25, 0.3) is 0 Å². The third kappa shape index (κ3) is 7.33. The molecule has 0 radical (unpaired) electrons. The van der Waals surface area contributed by atoms with Crippen LogP contribution in [0.3, 0.4) is 0 Å². The molecule has 2 heterocycles. The van der Waals surface area contributed by atoms with Crippen LogP contribution in [0, 0.1) is 17.8 Å². The van der Waals surface area contributed by atoms with Gasteiger partial charge < -0.3 is 14.2 Å². The molecule has 4 heteroatoms. The van der Waals surface area contributed by atoms with Crippen molar-refractivity contribution in [2.45, 2.75) is 90.4 Å². The Morgan fingerprint density at radius 2 is 1.78 bits per heavy atom. The van der Waals surface area contributed by atoms with Gasteiger partial charge in [0.15, 0.2) is 0 Å². The predicted molar refractivity (Wildman–Crippen MR) is 150 cm³/mol. The number of rotatable bonds is 10. The summed E-state index contributed by atoms with van der Waals surface area (Å²) in [5.41, 5.74) is 3.21. The highest BCUT2D eigenvalue weighted by Crippen LogP contribution is 2.38. The Hall–Kier alpha value is -2.42. The van der Waals surface area contributed by atoms with Crippen molar-refractivity contribution in [1.82, 2.24) is 4.90 Å². The van der Waals surface area contributed by atoms with Gasteiger partial charge in [0, 0.05) is 18.5 Å². The second-order valence-electron chi connectivity index (χ2n) is 10.7.